The minimum Gasteiger partial charge on any atom is -0.481 e. The largest absolute Gasteiger partial charge is 0.481 e. The molecule has 1 aliphatic carbocycles. The first kappa shape index (κ1) is 17.5. The van der Waals surface area contributed by atoms with Crippen molar-refractivity contribution in [1.29, 1.82) is 0 Å². The first-order chi connectivity index (χ1) is 9.86. The van der Waals surface area contributed by atoms with E-state index in [4.69, 9.17) is 15.3 Å². The predicted octanol–water partition coefficient (Wildman–Crippen LogP) is 2.61. The quantitative estimate of drug-likeness (QED) is 0.695. The van der Waals surface area contributed by atoms with Crippen molar-refractivity contribution in [2.24, 2.45) is 17.8 Å². The summed E-state index contributed by atoms with van der Waals surface area (Å²) in [5.41, 5.74) is 0. The summed E-state index contributed by atoms with van der Waals surface area (Å²) in [6.45, 7) is 0. The Bertz CT molecular complexity index is 309. The molecule has 0 amide bonds. The van der Waals surface area contributed by atoms with Crippen LogP contribution >= 0.6 is 0 Å². The fraction of sp³-hybridized carbons (Fsp3) is 0.800. The molecule has 1 rings (SSSR count). The third kappa shape index (κ3) is 7.68. The van der Waals surface area contributed by atoms with E-state index in [1.807, 2.05) is 0 Å². The Morgan fingerprint density at radius 2 is 0.762 bits per heavy atom. The van der Waals surface area contributed by atoms with E-state index in [1.165, 1.54) is 0 Å². The average molecular weight is 300 g/mol. The molecule has 120 valence electrons. The molecule has 0 radical (unpaired) electrons. The van der Waals surface area contributed by atoms with Crippen molar-refractivity contribution in [1.82, 2.24) is 0 Å². The third-order valence-corrected chi connectivity index (χ3v) is 4.34. The average Bonchev–Trinajstić information content (AvgIpc) is 2.42. The van der Waals surface area contributed by atoms with Crippen LogP contribution in [0.2, 0.25) is 0 Å². The van der Waals surface area contributed by atoms with Gasteiger partial charge in [0.1, 0.15) is 0 Å². The van der Waals surface area contributed by atoms with Crippen LogP contribution < -0.4 is 0 Å². The summed E-state index contributed by atoms with van der Waals surface area (Å²) < 4.78 is 0. The summed E-state index contributed by atoms with van der Waals surface area (Å²) in [6, 6.07) is 0. The number of hydrogen-bond acceptors (Lipinski definition) is 3. The zero-order valence-corrected chi connectivity index (χ0v) is 12.2. The second-order valence-electron chi connectivity index (χ2n) is 6.12. The fourth-order valence-corrected chi connectivity index (χ4v) is 3.20. The molecule has 1 aliphatic rings. The van der Waals surface area contributed by atoms with Crippen molar-refractivity contribution in [3.63, 3.8) is 0 Å². The maximum atomic E-state index is 10.9. The monoisotopic (exact) mass is 300 g/mol. The highest BCUT2D eigenvalue weighted by Gasteiger charge is 2.24. The third-order valence-electron chi connectivity index (χ3n) is 4.34. The van der Waals surface area contributed by atoms with Gasteiger partial charge in [-0.15, -0.1) is 0 Å². The smallest absolute Gasteiger partial charge is 0.303 e. The number of carboxylic acid groups (broad SMARTS) is 3. The normalized spacial score (nSPS) is 27.1. The summed E-state index contributed by atoms with van der Waals surface area (Å²) in [5, 5.41) is 26.8. The maximum Gasteiger partial charge on any atom is 0.303 e. The molecule has 1 fully saturated rings. The number of rotatable bonds is 6. The lowest BCUT2D eigenvalue weighted by molar-refractivity contribution is -0.139. The second kappa shape index (κ2) is 8.64. The molecule has 0 aromatic rings. The number of hydrogen-bond donors (Lipinski definition) is 3. The Labute approximate surface area is 124 Å². The standard InChI is InChI=1S/C15H24O6/c16-13(17)7-10-1-2-11(8-14(18)19)5-6-12(4-3-10)9-15(20)21/h10-12H,1-9H2,(H,16,17)(H,18,19)(H,20,21). The highest BCUT2D eigenvalue weighted by molar-refractivity contribution is 5.68. The molecule has 0 bridgehead atoms. The summed E-state index contributed by atoms with van der Waals surface area (Å²) in [5.74, 6) is -2.47. The van der Waals surface area contributed by atoms with E-state index >= 15 is 0 Å². The Morgan fingerprint density at radius 1 is 0.571 bits per heavy atom. The van der Waals surface area contributed by atoms with Gasteiger partial charge in [0, 0.05) is 19.3 Å². The molecule has 0 unspecified atom stereocenters. The lowest BCUT2D eigenvalue weighted by Gasteiger charge is -2.16. The van der Waals surface area contributed by atoms with Gasteiger partial charge in [0.15, 0.2) is 0 Å². The topological polar surface area (TPSA) is 112 Å². The number of carboxylic acids is 3. The maximum absolute atomic E-state index is 10.9. The van der Waals surface area contributed by atoms with Crippen LogP contribution in [0.1, 0.15) is 57.8 Å². The summed E-state index contributed by atoms with van der Waals surface area (Å²) >= 11 is 0. The van der Waals surface area contributed by atoms with Crippen LogP contribution in [-0.2, 0) is 14.4 Å². The van der Waals surface area contributed by atoms with Crippen LogP contribution in [0.4, 0.5) is 0 Å². The van der Waals surface area contributed by atoms with Gasteiger partial charge in [-0.2, -0.15) is 0 Å². The van der Waals surface area contributed by atoms with Gasteiger partial charge in [-0.3, -0.25) is 14.4 Å². The van der Waals surface area contributed by atoms with Crippen molar-refractivity contribution in [3.8, 4) is 0 Å². The van der Waals surface area contributed by atoms with E-state index in [0.29, 0.717) is 38.5 Å². The number of carbonyl (C=O) groups is 3. The van der Waals surface area contributed by atoms with Crippen LogP contribution in [0.25, 0.3) is 0 Å². The van der Waals surface area contributed by atoms with E-state index in [-0.39, 0.29) is 37.0 Å². The molecule has 6 nitrogen and oxygen atoms in total. The van der Waals surface area contributed by atoms with Gasteiger partial charge in [-0.1, -0.05) is 0 Å². The van der Waals surface area contributed by atoms with E-state index in [0.717, 1.165) is 0 Å². The molecular weight excluding hydrogens is 276 g/mol. The molecule has 0 spiro atoms. The molecule has 6 heteroatoms. The van der Waals surface area contributed by atoms with Gasteiger partial charge in [0.2, 0.25) is 0 Å². The molecule has 0 heterocycles. The van der Waals surface area contributed by atoms with E-state index in [2.05, 4.69) is 0 Å². The Kier molecular flexibility index (Phi) is 7.19. The molecule has 3 N–H and O–H groups in total. The van der Waals surface area contributed by atoms with Crippen molar-refractivity contribution >= 4 is 17.9 Å². The molecule has 0 saturated heterocycles. The van der Waals surface area contributed by atoms with Gasteiger partial charge in [-0.05, 0) is 56.3 Å². The first-order valence-corrected chi connectivity index (χ1v) is 7.52. The van der Waals surface area contributed by atoms with Gasteiger partial charge < -0.3 is 15.3 Å². The summed E-state index contributed by atoms with van der Waals surface area (Å²) in [4.78, 5) is 32.6. The van der Waals surface area contributed by atoms with E-state index in [9.17, 15) is 14.4 Å². The van der Waals surface area contributed by atoms with Crippen molar-refractivity contribution in [2.75, 3.05) is 0 Å². The van der Waals surface area contributed by atoms with Gasteiger partial charge in [0.05, 0.1) is 0 Å². The van der Waals surface area contributed by atoms with Crippen molar-refractivity contribution < 1.29 is 29.7 Å². The lowest BCUT2D eigenvalue weighted by Crippen LogP contribution is -2.11. The van der Waals surface area contributed by atoms with Gasteiger partial charge >= 0.3 is 17.9 Å². The highest BCUT2D eigenvalue weighted by atomic mass is 16.4. The van der Waals surface area contributed by atoms with Crippen LogP contribution in [0.3, 0.4) is 0 Å². The first-order valence-electron chi connectivity index (χ1n) is 7.52. The summed E-state index contributed by atoms with van der Waals surface area (Å²) in [6.07, 6.45) is 4.52. The number of aliphatic carboxylic acids is 3. The van der Waals surface area contributed by atoms with E-state index < -0.39 is 17.9 Å². The molecule has 1 saturated carbocycles. The van der Waals surface area contributed by atoms with Crippen molar-refractivity contribution in [2.45, 2.75) is 57.8 Å². The minimum atomic E-state index is -0.844. The van der Waals surface area contributed by atoms with Crippen LogP contribution in [0.15, 0.2) is 0 Å². The van der Waals surface area contributed by atoms with Gasteiger partial charge in [-0.25, -0.2) is 0 Å². The fourth-order valence-electron chi connectivity index (χ4n) is 3.20. The highest BCUT2D eigenvalue weighted by Crippen LogP contribution is 2.32. The molecule has 0 aliphatic heterocycles. The molecule has 0 atom stereocenters. The Hall–Kier alpha value is -1.59. The van der Waals surface area contributed by atoms with Crippen molar-refractivity contribution in [3.05, 3.63) is 0 Å². The van der Waals surface area contributed by atoms with Crippen LogP contribution in [-0.4, -0.2) is 33.2 Å². The minimum absolute atomic E-state index is 0.0215. The van der Waals surface area contributed by atoms with Gasteiger partial charge in [0.25, 0.3) is 0 Å². The zero-order chi connectivity index (χ0) is 15.8. The summed E-state index contributed by atoms with van der Waals surface area (Å²) in [7, 11) is 0. The molecule has 21 heavy (non-hydrogen) atoms. The molecule has 0 aromatic carbocycles. The Morgan fingerprint density at radius 3 is 0.905 bits per heavy atom. The van der Waals surface area contributed by atoms with E-state index in [1.54, 1.807) is 0 Å². The lowest BCUT2D eigenvalue weighted by atomic mass is 9.89. The predicted molar refractivity (Wildman–Crippen MR) is 74.9 cm³/mol. The van der Waals surface area contributed by atoms with Crippen LogP contribution in [0, 0.1) is 17.8 Å². The SMILES string of the molecule is O=C(O)CC1CCC(CC(=O)O)CCC(CC(=O)O)CC1. The molecular formula is C15H24O6. The van der Waals surface area contributed by atoms with Crippen LogP contribution in [0.5, 0.6) is 0 Å². The zero-order valence-electron chi connectivity index (χ0n) is 12.2. The second-order valence-corrected chi connectivity index (χ2v) is 6.12. The Balaban J connectivity index is 2.68. The molecule has 0 aromatic heterocycles.